The molecule has 1 aromatic carbocycles. The predicted molar refractivity (Wildman–Crippen MR) is 96.3 cm³/mol. The average molecular weight is 353 g/mol. The number of imidazole rings is 1. The van der Waals surface area contributed by atoms with Gasteiger partial charge in [-0.05, 0) is 30.5 Å². The summed E-state index contributed by atoms with van der Waals surface area (Å²) in [4.78, 5) is 12.6. The molecule has 0 aliphatic carbocycles. The van der Waals surface area contributed by atoms with E-state index in [1.165, 1.54) is 0 Å². The van der Waals surface area contributed by atoms with Gasteiger partial charge in [0.1, 0.15) is 12.4 Å². The maximum atomic E-state index is 10.3. The predicted octanol–water partition coefficient (Wildman–Crippen LogP) is 2.27. The quantitative estimate of drug-likeness (QED) is 0.597. The fourth-order valence-corrected chi connectivity index (χ4v) is 2.81. The van der Waals surface area contributed by atoms with Crippen LogP contribution in [0.25, 0.3) is 11.2 Å². The van der Waals surface area contributed by atoms with Gasteiger partial charge in [-0.3, -0.25) is 4.57 Å². The minimum Gasteiger partial charge on any atom is -0.490 e. The second kappa shape index (κ2) is 6.91. The van der Waals surface area contributed by atoms with Crippen molar-refractivity contribution in [3.8, 4) is 17.8 Å². The lowest BCUT2D eigenvalue weighted by molar-refractivity contribution is 0.288. The Kier molecular flexibility index (Phi) is 4.30. The molecule has 1 aliphatic heterocycles. The number of rotatable bonds is 0. The van der Waals surface area contributed by atoms with Crippen LogP contribution >= 0.6 is 0 Å². The van der Waals surface area contributed by atoms with Crippen LogP contribution in [0.3, 0.4) is 0 Å². The Labute approximate surface area is 149 Å². The molecule has 26 heavy (non-hydrogen) atoms. The SMILES string of the molecule is Nc1nc2nc3c1nc(O)n3Cc1cccc(c1)OC/C=C/CCCO2. The van der Waals surface area contributed by atoms with Crippen molar-refractivity contribution in [2.24, 2.45) is 0 Å². The Morgan fingerprint density at radius 3 is 2.96 bits per heavy atom. The number of nitrogens with two attached hydrogens (primary N) is 1. The smallest absolute Gasteiger partial charge is 0.320 e. The Morgan fingerprint density at radius 1 is 1.12 bits per heavy atom. The van der Waals surface area contributed by atoms with E-state index in [1.807, 2.05) is 30.3 Å². The minimum absolute atomic E-state index is 0.173. The maximum absolute atomic E-state index is 10.3. The van der Waals surface area contributed by atoms with Crippen molar-refractivity contribution in [1.29, 1.82) is 0 Å². The summed E-state index contributed by atoms with van der Waals surface area (Å²) in [7, 11) is 0. The van der Waals surface area contributed by atoms with E-state index < -0.39 is 0 Å². The van der Waals surface area contributed by atoms with Crippen molar-refractivity contribution in [2.75, 3.05) is 18.9 Å². The number of aromatic hydroxyl groups is 1. The van der Waals surface area contributed by atoms with E-state index in [1.54, 1.807) is 4.57 Å². The van der Waals surface area contributed by atoms with Gasteiger partial charge in [0.2, 0.25) is 0 Å². The summed E-state index contributed by atoms with van der Waals surface area (Å²) in [6, 6.07) is 7.69. The Balaban J connectivity index is 1.79. The van der Waals surface area contributed by atoms with Gasteiger partial charge in [0.05, 0.1) is 13.2 Å². The molecule has 3 heterocycles. The first kappa shape index (κ1) is 16.2. The van der Waals surface area contributed by atoms with Gasteiger partial charge in [0, 0.05) is 0 Å². The van der Waals surface area contributed by atoms with Crippen LogP contribution in [0.2, 0.25) is 0 Å². The van der Waals surface area contributed by atoms with Crippen LogP contribution in [0, 0.1) is 0 Å². The molecule has 134 valence electrons. The van der Waals surface area contributed by atoms with Crippen molar-refractivity contribution in [1.82, 2.24) is 19.5 Å². The van der Waals surface area contributed by atoms with Crippen molar-refractivity contribution in [2.45, 2.75) is 19.4 Å². The van der Waals surface area contributed by atoms with E-state index in [9.17, 15) is 5.11 Å². The molecule has 0 radical (unpaired) electrons. The number of aromatic nitrogens is 4. The molecule has 0 unspecified atom stereocenters. The number of hydrogen-bond acceptors (Lipinski definition) is 7. The summed E-state index contributed by atoms with van der Waals surface area (Å²) in [6.45, 7) is 1.34. The molecular formula is C18H19N5O3. The molecular weight excluding hydrogens is 334 g/mol. The summed E-state index contributed by atoms with van der Waals surface area (Å²) in [5.74, 6) is 0.943. The highest BCUT2D eigenvalue weighted by Crippen LogP contribution is 2.26. The molecule has 2 aromatic heterocycles. The van der Waals surface area contributed by atoms with Crippen LogP contribution in [0.5, 0.6) is 17.8 Å². The zero-order valence-electron chi connectivity index (χ0n) is 14.1. The Hall–Kier alpha value is -3.29. The number of nitrogen functional groups attached to an aromatic ring is 1. The van der Waals surface area contributed by atoms with Crippen molar-refractivity contribution in [3.63, 3.8) is 0 Å². The van der Waals surface area contributed by atoms with Crippen molar-refractivity contribution >= 4 is 17.0 Å². The first-order valence-corrected chi connectivity index (χ1v) is 8.43. The fraction of sp³-hybridized carbons (Fsp3) is 0.278. The number of benzene rings is 1. The van der Waals surface area contributed by atoms with E-state index in [4.69, 9.17) is 15.2 Å². The lowest BCUT2D eigenvalue weighted by Crippen LogP contribution is -2.06. The number of ether oxygens (including phenoxy) is 2. The van der Waals surface area contributed by atoms with Gasteiger partial charge >= 0.3 is 6.01 Å². The lowest BCUT2D eigenvalue weighted by atomic mass is 10.2. The van der Waals surface area contributed by atoms with E-state index in [2.05, 4.69) is 21.0 Å². The van der Waals surface area contributed by atoms with Crippen molar-refractivity contribution in [3.05, 3.63) is 42.0 Å². The Morgan fingerprint density at radius 2 is 2.04 bits per heavy atom. The molecule has 4 bridgehead atoms. The largest absolute Gasteiger partial charge is 0.490 e. The molecule has 4 rings (SSSR count). The summed E-state index contributed by atoms with van der Waals surface area (Å²) in [5, 5.41) is 10.3. The topological polar surface area (TPSA) is 108 Å². The van der Waals surface area contributed by atoms with Gasteiger partial charge in [-0.25, -0.2) is 0 Å². The molecule has 3 aromatic rings. The number of anilines is 1. The highest BCUT2D eigenvalue weighted by molar-refractivity contribution is 5.83. The average Bonchev–Trinajstić information content (AvgIpc) is 2.93. The molecule has 8 nitrogen and oxygen atoms in total. The van der Waals surface area contributed by atoms with E-state index >= 15 is 0 Å². The van der Waals surface area contributed by atoms with E-state index in [0.717, 1.165) is 24.2 Å². The molecule has 8 heteroatoms. The molecule has 0 saturated heterocycles. The monoisotopic (exact) mass is 353 g/mol. The third-order valence-corrected chi connectivity index (χ3v) is 4.08. The van der Waals surface area contributed by atoms with Crippen LogP contribution in [0.1, 0.15) is 18.4 Å². The van der Waals surface area contributed by atoms with Crippen LogP contribution in [-0.4, -0.2) is 37.8 Å². The highest BCUT2D eigenvalue weighted by Gasteiger charge is 2.17. The van der Waals surface area contributed by atoms with E-state index in [0.29, 0.717) is 30.9 Å². The summed E-state index contributed by atoms with van der Waals surface area (Å²) in [6.07, 6.45) is 5.72. The lowest BCUT2D eigenvalue weighted by Gasteiger charge is -2.10. The molecule has 0 saturated carbocycles. The second-order valence-electron chi connectivity index (χ2n) is 5.98. The van der Waals surface area contributed by atoms with Gasteiger partial charge in [-0.1, -0.05) is 24.3 Å². The van der Waals surface area contributed by atoms with E-state index in [-0.39, 0.29) is 17.8 Å². The zero-order valence-corrected chi connectivity index (χ0v) is 14.1. The molecule has 0 amide bonds. The molecule has 3 N–H and O–H groups in total. The first-order chi connectivity index (χ1) is 12.7. The molecule has 0 fully saturated rings. The summed E-state index contributed by atoms with van der Waals surface area (Å²) >= 11 is 0. The third kappa shape index (κ3) is 3.26. The van der Waals surface area contributed by atoms with Crippen LogP contribution in [0.15, 0.2) is 36.4 Å². The second-order valence-corrected chi connectivity index (χ2v) is 5.98. The number of hydrogen-bond donors (Lipinski definition) is 2. The summed E-state index contributed by atoms with van der Waals surface area (Å²) in [5.41, 5.74) is 7.69. The summed E-state index contributed by atoms with van der Waals surface area (Å²) < 4.78 is 12.9. The Bertz CT molecular complexity index is 967. The minimum atomic E-state index is -0.173. The maximum Gasteiger partial charge on any atom is 0.320 e. The van der Waals surface area contributed by atoms with Gasteiger partial charge in [0.15, 0.2) is 17.0 Å². The van der Waals surface area contributed by atoms with Gasteiger partial charge in [-0.2, -0.15) is 15.0 Å². The van der Waals surface area contributed by atoms with Gasteiger partial charge in [-0.15, -0.1) is 0 Å². The van der Waals surface area contributed by atoms with Crippen LogP contribution in [-0.2, 0) is 6.54 Å². The number of allylic oxidation sites excluding steroid dienone is 1. The fourth-order valence-electron chi connectivity index (χ4n) is 2.81. The third-order valence-electron chi connectivity index (χ3n) is 4.08. The van der Waals surface area contributed by atoms with Crippen LogP contribution in [0.4, 0.5) is 5.82 Å². The highest BCUT2D eigenvalue weighted by atomic mass is 16.5. The normalized spacial score (nSPS) is 16.2. The van der Waals surface area contributed by atoms with Crippen molar-refractivity contribution < 1.29 is 14.6 Å². The number of fused-ring (bicyclic) bond motifs is 3. The molecule has 0 atom stereocenters. The van der Waals surface area contributed by atoms with Crippen LogP contribution < -0.4 is 15.2 Å². The first-order valence-electron chi connectivity index (χ1n) is 8.43. The standard InChI is InChI=1S/C18H19N5O3/c19-15-14-16-22-17(21-15)26-9-4-2-1-3-8-25-13-7-5-6-12(10-13)11-23(16)18(24)20-14/h1,3,5-7,10H,2,4,8-9,11H2,(H,20,24)(H2,19,21,22)/b3-1+. The molecule has 0 spiro atoms. The van der Waals surface area contributed by atoms with Gasteiger partial charge < -0.3 is 20.3 Å². The zero-order chi connectivity index (χ0) is 17.9. The number of nitrogens with zero attached hydrogens (tertiary/aromatic N) is 4. The van der Waals surface area contributed by atoms with Gasteiger partial charge in [0.25, 0.3) is 6.01 Å². The molecule has 1 aliphatic rings.